The lowest BCUT2D eigenvalue weighted by atomic mass is 10.2. The fourth-order valence-corrected chi connectivity index (χ4v) is 3.60. The Morgan fingerprint density at radius 1 is 1.53 bits per heavy atom. The van der Waals surface area contributed by atoms with Gasteiger partial charge in [-0.15, -0.1) is 11.8 Å². The first-order chi connectivity index (χ1) is 7.33. The fourth-order valence-electron chi connectivity index (χ4n) is 1.77. The highest BCUT2D eigenvalue weighted by Crippen LogP contribution is 2.39. The zero-order chi connectivity index (χ0) is 10.7. The van der Waals surface area contributed by atoms with Crippen LogP contribution in [0.4, 0.5) is 5.69 Å². The molecule has 2 nitrogen and oxygen atoms in total. The molecule has 0 saturated carbocycles. The number of rotatable bonds is 3. The van der Waals surface area contributed by atoms with Crippen molar-refractivity contribution in [2.45, 2.75) is 4.90 Å². The van der Waals surface area contributed by atoms with Crippen molar-refractivity contribution >= 4 is 33.4 Å². The highest BCUT2D eigenvalue weighted by Gasteiger charge is 2.18. The summed E-state index contributed by atoms with van der Waals surface area (Å²) in [7, 11) is 2.00. The molecular weight excluding hydrogens is 272 g/mol. The van der Waals surface area contributed by atoms with Crippen LogP contribution in [0.1, 0.15) is 0 Å². The Bertz CT molecular complexity index is 343. The first-order valence-electron chi connectivity index (χ1n) is 5.14. The molecule has 0 saturated heterocycles. The second-order valence-corrected chi connectivity index (χ2v) is 5.52. The van der Waals surface area contributed by atoms with Gasteiger partial charge in [-0.3, -0.25) is 0 Å². The number of likely N-dealkylation sites (N-methyl/N-ethyl adjacent to an activating group) is 1. The lowest BCUT2D eigenvalue weighted by molar-refractivity contribution is 0.730. The van der Waals surface area contributed by atoms with E-state index in [0.717, 1.165) is 19.6 Å². The van der Waals surface area contributed by atoms with Gasteiger partial charge in [0.15, 0.2) is 0 Å². The third-order valence-corrected chi connectivity index (χ3v) is 4.18. The number of halogens is 1. The Morgan fingerprint density at radius 2 is 2.40 bits per heavy atom. The minimum absolute atomic E-state index is 1.03. The SMILES string of the molecule is CNCCN1CCSc2cccc(Br)c21. The number of anilines is 1. The standard InChI is InChI=1S/C11H15BrN2S/c1-13-5-6-14-7-8-15-10-4-2-3-9(12)11(10)14/h2-4,13H,5-8H2,1H3. The second kappa shape index (κ2) is 5.23. The molecule has 15 heavy (non-hydrogen) atoms. The molecular formula is C11H15BrN2S. The molecule has 0 aromatic heterocycles. The lowest BCUT2D eigenvalue weighted by Gasteiger charge is -2.31. The minimum Gasteiger partial charge on any atom is -0.368 e. The van der Waals surface area contributed by atoms with Crippen LogP contribution in [0.15, 0.2) is 27.6 Å². The molecule has 0 amide bonds. The summed E-state index contributed by atoms with van der Waals surface area (Å²) in [5, 5.41) is 3.20. The summed E-state index contributed by atoms with van der Waals surface area (Å²) in [6.45, 7) is 3.25. The molecule has 0 radical (unpaired) electrons. The number of benzene rings is 1. The van der Waals surface area contributed by atoms with E-state index in [1.54, 1.807) is 0 Å². The Morgan fingerprint density at radius 3 is 3.20 bits per heavy atom. The van der Waals surface area contributed by atoms with Crippen molar-refractivity contribution in [2.75, 3.05) is 37.3 Å². The molecule has 0 unspecified atom stereocenters. The van der Waals surface area contributed by atoms with Gasteiger partial charge in [0.25, 0.3) is 0 Å². The van der Waals surface area contributed by atoms with E-state index in [2.05, 4.69) is 44.3 Å². The van der Waals surface area contributed by atoms with Gasteiger partial charge in [0.1, 0.15) is 0 Å². The third-order valence-electron chi connectivity index (χ3n) is 2.52. The predicted octanol–water partition coefficient (Wildman–Crippen LogP) is 2.58. The van der Waals surface area contributed by atoms with Crippen LogP contribution in [0.25, 0.3) is 0 Å². The van der Waals surface area contributed by atoms with Gasteiger partial charge in [-0.05, 0) is 35.1 Å². The Hall–Kier alpha value is -0.190. The van der Waals surface area contributed by atoms with Gasteiger partial charge in [-0.2, -0.15) is 0 Å². The van der Waals surface area contributed by atoms with Crippen LogP contribution in [0.2, 0.25) is 0 Å². The highest BCUT2D eigenvalue weighted by atomic mass is 79.9. The fraction of sp³-hybridized carbons (Fsp3) is 0.455. The first-order valence-corrected chi connectivity index (χ1v) is 6.91. The summed E-state index contributed by atoms with van der Waals surface area (Å²) in [4.78, 5) is 3.85. The maximum absolute atomic E-state index is 3.64. The van der Waals surface area contributed by atoms with Gasteiger partial charge >= 0.3 is 0 Å². The summed E-state index contributed by atoms with van der Waals surface area (Å²) < 4.78 is 1.21. The number of fused-ring (bicyclic) bond motifs is 1. The average molecular weight is 287 g/mol. The van der Waals surface area contributed by atoms with Crippen molar-refractivity contribution in [3.8, 4) is 0 Å². The lowest BCUT2D eigenvalue weighted by Crippen LogP contribution is -2.35. The molecule has 1 heterocycles. The molecule has 0 bridgehead atoms. The van der Waals surface area contributed by atoms with Gasteiger partial charge in [0.05, 0.1) is 5.69 Å². The van der Waals surface area contributed by atoms with Gasteiger partial charge < -0.3 is 10.2 Å². The van der Waals surface area contributed by atoms with E-state index in [0.29, 0.717) is 0 Å². The van der Waals surface area contributed by atoms with Crippen LogP contribution in [0.5, 0.6) is 0 Å². The normalized spacial score (nSPS) is 15.2. The molecule has 0 atom stereocenters. The number of nitrogens with zero attached hydrogens (tertiary/aromatic N) is 1. The topological polar surface area (TPSA) is 15.3 Å². The van der Waals surface area contributed by atoms with Crippen molar-refractivity contribution in [1.29, 1.82) is 0 Å². The van der Waals surface area contributed by atoms with Crippen molar-refractivity contribution in [2.24, 2.45) is 0 Å². The molecule has 0 aliphatic carbocycles. The van der Waals surface area contributed by atoms with Crippen LogP contribution < -0.4 is 10.2 Å². The Balaban J connectivity index is 2.24. The third kappa shape index (κ3) is 2.49. The number of hydrogen-bond donors (Lipinski definition) is 1. The number of thioether (sulfide) groups is 1. The van der Waals surface area contributed by atoms with Gasteiger partial charge in [0.2, 0.25) is 0 Å². The summed E-state index contributed by atoms with van der Waals surface area (Å²) in [6.07, 6.45) is 0. The maximum Gasteiger partial charge on any atom is 0.0649 e. The number of para-hydroxylation sites is 1. The van der Waals surface area contributed by atoms with Crippen LogP contribution in [-0.2, 0) is 0 Å². The first kappa shape index (κ1) is 11.3. The van der Waals surface area contributed by atoms with Crippen molar-refractivity contribution in [3.63, 3.8) is 0 Å². The molecule has 1 N–H and O–H groups in total. The zero-order valence-corrected chi connectivity index (χ0v) is 11.2. The van der Waals surface area contributed by atoms with Crippen LogP contribution in [0, 0.1) is 0 Å². The predicted molar refractivity (Wildman–Crippen MR) is 71.0 cm³/mol. The molecule has 1 aliphatic rings. The Kier molecular flexibility index (Phi) is 3.94. The second-order valence-electron chi connectivity index (χ2n) is 3.53. The molecule has 0 spiro atoms. The van der Waals surface area contributed by atoms with Crippen LogP contribution in [0.3, 0.4) is 0 Å². The largest absolute Gasteiger partial charge is 0.368 e. The van der Waals surface area contributed by atoms with E-state index in [9.17, 15) is 0 Å². The molecule has 1 aromatic carbocycles. The Labute approximate surface area is 104 Å². The highest BCUT2D eigenvalue weighted by molar-refractivity contribution is 9.10. The van der Waals surface area contributed by atoms with E-state index in [4.69, 9.17) is 0 Å². The summed E-state index contributed by atoms with van der Waals surface area (Å²) in [6, 6.07) is 6.44. The average Bonchev–Trinajstić information content (AvgIpc) is 2.26. The smallest absolute Gasteiger partial charge is 0.0649 e. The quantitative estimate of drug-likeness (QED) is 0.920. The van der Waals surface area contributed by atoms with E-state index >= 15 is 0 Å². The van der Waals surface area contributed by atoms with Gasteiger partial charge in [-0.25, -0.2) is 0 Å². The molecule has 1 aliphatic heterocycles. The number of nitrogens with one attached hydrogen (secondary N) is 1. The number of hydrogen-bond acceptors (Lipinski definition) is 3. The van der Waals surface area contributed by atoms with Crippen molar-refractivity contribution < 1.29 is 0 Å². The van der Waals surface area contributed by atoms with E-state index in [1.165, 1.54) is 20.8 Å². The summed E-state index contributed by atoms with van der Waals surface area (Å²) in [5.41, 5.74) is 1.36. The van der Waals surface area contributed by atoms with Crippen LogP contribution in [-0.4, -0.2) is 32.4 Å². The molecule has 82 valence electrons. The van der Waals surface area contributed by atoms with Gasteiger partial charge in [-0.1, -0.05) is 6.07 Å². The van der Waals surface area contributed by atoms with Crippen LogP contribution >= 0.6 is 27.7 Å². The van der Waals surface area contributed by atoms with E-state index in [-0.39, 0.29) is 0 Å². The van der Waals surface area contributed by atoms with Gasteiger partial charge in [0, 0.05) is 34.8 Å². The summed E-state index contributed by atoms with van der Waals surface area (Å²) >= 11 is 5.59. The molecule has 0 fully saturated rings. The van der Waals surface area contributed by atoms with E-state index < -0.39 is 0 Å². The zero-order valence-electron chi connectivity index (χ0n) is 8.79. The van der Waals surface area contributed by atoms with Crippen molar-refractivity contribution in [3.05, 3.63) is 22.7 Å². The summed E-state index contributed by atoms with van der Waals surface area (Å²) in [5.74, 6) is 1.19. The monoisotopic (exact) mass is 286 g/mol. The van der Waals surface area contributed by atoms with Crippen molar-refractivity contribution in [1.82, 2.24) is 5.32 Å². The van der Waals surface area contributed by atoms with E-state index in [1.807, 2.05) is 18.8 Å². The minimum atomic E-state index is 1.03. The molecule has 4 heteroatoms. The molecule has 2 rings (SSSR count). The molecule has 1 aromatic rings. The maximum atomic E-state index is 3.64.